The van der Waals surface area contributed by atoms with E-state index in [0.717, 1.165) is 17.9 Å². The van der Waals surface area contributed by atoms with Gasteiger partial charge < -0.3 is 4.90 Å². The van der Waals surface area contributed by atoms with Crippen LogP contribution in [0.4, 0.5) is 4.79 Å². The maximum absolute atomic E-state index is 12.2. The Morgan fingerprint density at radius 1 is 1.43 bits per heavy atom. The Hall–Kier alpha value is -2.02. The molecule has 7 heteroatoms. The molecule has 0 saturated carbocycles. The Kier molecular flexibility index (Phi) is 6.23. The standard InChI is InChI=1S/C14H22N4O3/c1-5-8-18-13(20)11(12(19)16-14(18)21)10(2)15-7-6-9-17(3)4/h5,11H,1,6-9H2,2-4H3,(H,16,19,21)/p+1. The van der Waals surface area contributed by atoms with Crippen molar-refractivity contribution in [2.75, 3.05) is 33.7 Å². The van der Waals surface area contributed by atoms with Crippen LogP contribution in [0.25, 0.3) is 0 Å². The maximum Gasteiger partial charge on any atom is 0.331 e. The number of nitrogens with one attached hydrogen (secondary N) is 2. The number of rotatable bonds is 7. The van der Waals surface area contributed by atoms with Crippen molar-refractivity contribution in [1.82, 2.24) is 10.2 Å². The normalized spacial score (nSPS) is 20.0. The van der Waals surface area contributed by atoms with Gasteiger partial charge in [0.25, 0.3) is 0 Å². The highest BCUT2D eigenvalue weighted by Crippen LogP contribution is 2.12. The summed E-state index contributed by atoms with van der Waals surface area (Å²) in [5.41, 5.74) is 0.438. The molecule has 1 atom stereocenters. The number of urea groups is 1. The number of carbonyl (C=O) groups is 3. The SMILES string of the molecule is C=CCN1C(=O)NC(=O)C(C(C)=NCCC[NH+](C)C)C1=O. The molecule has 2 N–H and O–H groups in total. The van der Waals surface area contributed by atoms with Gasteiger partial charge in [-0.1, -0.05) is 6.08 Å². The third kappa shape index (κ3) is 4.49. The molecule has 1 unspecified atom stereocenters. The van der Waals surface area contributed by atoms with Gasteiger partial charge in [-0.15, -0.1) is 6.58 Å². The summed E-state index contributed by atoms with van der Waals surface area (Å²) in [6.07, 6.45) is 2.31. The van der Waals surface area contributed by atoms with E-state index in [1.54, 1.807) is 6.92 Å². The molecule has 1 aliphatic rings. The van der Waals surface area contributed by atoms with Gasteiger partial charge in [0.2, 0.25) is 11.8 Å². The fraction of sp³-hybridized carbons (Fsp3) is 0.571. The zero-order chi connectivity index (χ0) is 16.0. The Morgan fingerprint density at radius 2 is 2.10 bits per heavy atom. The lowest BCUT2D eigenvalue weighted by molar-refractivity contribution is -0.858. The summed E-state index contributed by atoms with van der Waals surface area (Å²) in [7, 11) is 4.10. The monoisotopic (exact) mass is 295 g/mol. The average molecular weight is 295 g/mol. The highest BCUT2D eigenvalue weighted by Gasteiger charge is 2.41. The van der Waals surface area contributed by atoms with Crippen LogP contribution in [0.2, 0.25) is 0 Å². The second kappa shape index (κ2) is 7.68. The van der Waals surface area contributed by atoms with Gasteiger partial charge in [-0.3, -0.25) is 24.8 Å². The van der Waals surface area contributed by atoms with Crippen molar-refractivity contribution in [1.29, 1.82) is 0 Å². The predicted molar refractivity (Wildman–Crippen MR) is 79.2 cm³/mol. The quantitative estimate of drug-likeness (QED) is 0.270. The Balaban J connectivity index is 2.76. The number of quaternary nitrogens is 1. The zero-order valence-electron chi connectivity index (χ0n) is 12.8. The van der Waals surface area contributed by atoms with Crippen molar-refractivity contribution in [3.05, 3.63) is 12.7 Å². The largest absolute Gasteiger partial charge is 0.340 e. The smallest absolute Gasteiger partial charge is 0.331 e. The maximum atomic E-state index is 12.2. The minimum Gasteiger partial charge on any atom is -0.340 e. The van der Waals surface area contributed by atoms with Crippen molar-refractivity contribution in [3.63, 3.8) is 0 Å². The number of hydrogen-bond donors (Lipinski definition) is 2. The van der Waals surface area contributed by atoms with Crippen LogP contribution >= 0.6 is 0 Å². The first-order chi connectivity index (χ1) is 9.88. The molecule has 7 nitrogen and oxygen atoms in total. The Morgan fingerprint density at radius 3 is 2.67 bits per heavy atom. The number of carbonyl (C=O) groups excluding carboxylic acids is 3. The second-order valence-corrected chi connectivity index (χ2v) is 5.30. The van der Waals surface area contributed by atoms with Crippen LogP contribution in [0.5, 0.6) is 0 Å². The van der Waals surface area contributed by atoms with Crippen molar-refractivity contribution in [3.8, 4) is 0 Å². The van der Waals surface area contributed by atoms with E-state index in [4.69, 9.17) is 0 Å². The van der Waals surface area contributed by atoms with E-state index in [-0.39, 0.29) is 6.54 Å². The number of aliphatic imine (C=N–C) groups is 1. The van der Waals surface area contributed by atoms with Gasteiger partial charge in [0.1, 0.15) is 0 Å². The van der Waals surface area contributed by atoms with Crippen LogP contribution in [-0.4, -0.2) is 62.2 Å². The fourth-order valence-electron chi connectivity index (χ4n) is 2.06. The first kappa shape index (κ1) is 17.0. The summed E-state index contributed by atoms with van der Waals surface area (Å²) in [5, 5.41) is 2.18. The van der Waals surface area contributed by atoms with Crippen LogP contribution < -0.4 is 10.2 Å². The number of nitrogens with zero attached hydrogens (tertiary/aromatic N) is 2. The molecule has 21 heavy (non-hydrogen) atoms. The highest BCUT2D eigenvalue weighted by molar-refractivity contribution is 6.27. The third-order valence-electron chi connectivity index (χ3n) is 3.18. The fourth-order valence-corrected chi connectivity index (χ4v) is 2.06. The number of amides is 4. The lowest BCUT2D eigenvalue weighted by atomic mass is 9.99. The number of hydrogen-bond acceptors (Lipinski definition) is 4. The molecule has 0 radical (unpaired) electrons. The van der Waals surface area contributed by atoms with Gasteiger partial charge >= 0.3 is 6.03 Å². The first-order valence-corrected chi connectivity index (χ1v) is 6.95. The van der Waals surface area contributed by atoms with Crippen LogP contribution in [0.3, 0.4) is 0 Å². The van der Waals surface area contributed by atoms with Gasteiger partial charge in [-0.2, -0.15) is 0 Å². The molecule has 1 aliphatic heterocycles. The molecule has 0 aromatic heterocycles. The molecule has 1 heterocycles. The predicted octanol–water partition coefficient (Wildman–Crippen LogP) is -1.14. The van der Waals surface area contributed by atoms with E-state index < -0.39 is 23.8 Å². The van der Waals surface area contributed by atoms with Crippen LogP contribution in [0, 0.1) is 5.92 Å². The third-order valence-corrected chi connectivity index (χ3v) is 3.18. The first-order valence-electron chi connectivity index (χ1n) is 6.95. The van der Waals surface area contributed by atoms with Crippen molar-refractivity contribution in [2.45, 2.75) is 13.3 Å². The van der Waals surface area contributed by atoms with E-state index in [1.165, 1.54) is 11.0 Å². The molecule has 1 fully saturated rings. The molecule has 4 amide bonds. The Labute approximate surface area is 124 Å². The molecule has 0 aromatic rings. The average Bonchev–Trinajstić information content (AvgIpc) is 2.39. The Bertz CT molecular complexity index is 471. The van der Waals surface area contributed by atoms with Crippen molar-refractivity contribution >= 4 is 23.6 Å². The lowest BCUT2D eigenvalue weighted by Gasteiger charge is -2.29. The number of imide groups is 2. The summed E-state index contributed by atoms with van der Waals surface area (Å²) >= 11 is 0. The van der Waals surface area contributed by atoms with Gasteiger partial charge in [-0.25, -0.2) is 4.79 Å². The van der Waals surface area contributed by atoms with Crippen LogP contribution in [0.1, 0.15) is 13.3 Å². The summed E-state index contributed by atoms with van der Waals surface area (Å²) in [6.45, 7) is 6.74. The molecule has 1 saturated heterocycles. The van der Waals surface area contributed by atoms with E-state index in [2.05, 4.69) is 16.9 Å². The van der Waals surface area contributed by atoms with E-state index >= 15 is 0 Å². The zero-order valence-corrected chi connectivity index (χ0v) is 12.8. The minimum atomic E-state index is -1.02. The second-order valence-electron chi connectivity index (χ2n) is 5.30. The molecule has 0 aliphatic carbocycles. The molecular weight excluding hydrogens is 272 g/mol. The van der Waals surface area contributed by atoms with Crippen LogP contribution in [0.15, 0.2) is 17.6 Å². The van der Waals surface area contributed by atoms with E-state index in [1.807, 2.05) is 14.1 Å². The lowest BCUT2D eigenvalue weighted by Crippen LogP contribution is -3.05. The van der Waals surface area contributed by atoms with Crippen molar-refractivity contribution < 1.29 is 19.3 Å². The van der Waals surface area contributed by atoms with Crippen molar-refractivity contribution in [2.24, 2.45) is 10.9 Å². The number of barbiturate groups is 1. The van der Waals surface area contributed by atoms with Gasteiger partial charge in [0.05, 0.1) is 20.6 Å². The summed E-state index contributed by atoms with van der Waals surface area (Å²) in [4.78, 5) is 42.3. The van der Waals surface area contributed by atoms with Gasteiger partial charge in [-0.05, 0) is 6.92 Å². The molecule has 0 spiro atoms. The molecule has 116 valence electrons. The van der Waals surface area contributed by atoms with E-state index in [9.17, 15) is 14.4 Å². The molecule has 0 aromatic carbocycles. The minimum absolute atomic E-state index is 0.0751. The molecular formula is C14H23N4O3+. The summed E-state index contributed by atoms with van der Waals surface area (Å²) < 4.78 is 0. The summed E-state index contributed by atoms with van der Waals surface area (Å²) in [6, 6.07) is -0.704. The van der Waals surface area contributed by atoms with Crippen LogP contribution in [-0.2, 0) is 9.59 Å². The summed E-state index contributed by atoms with van der Waals surface area (Å²) in [5.74, 6) is -2.16. The van der Waals surface area contributed by atoms with Gasteiger partial charge in [0.15, 0.2) is 5.92 Å². The van der Waals surface area contributed by atoms with Gasteiger partial charge in [0, 0.05) is 25.2 Å². The molecule has 1 rings (SSSR count). The highest BCUT2D eigenvalue weighted by atomic mass is 16.2. The van der Waals surface area contributed by atoms with E-state index in [0.29, 0.717) is 12.3 Å². The topological polar surface area (TPSA) is 83.3 Å². The molecule has 0 bridgehead atoms.